The van der Waals surface area contributed by atoms with Crippen LogP contribution in [0.5, 0.6) is 0 Å². The second kappa shape index (κ2) is 3.33. The van der Waals surface area contributed by atoms with Crippen molar-refractivity contribution in [2.45, 2.75) is 4.32 Å². The van der Waals surface area contributed by atoms with E-state index in [0.29, 0.717) is 0 Å². The van der Waals surface area contributed by atoms with E-state index in [1.54, 1.807) is 0 Å². The van der Waals surface area contributed by atoms with E-state index in [-0.39, 0.29) is 11.9 Å². The first kappa shape index (κ1) is 9.98. The molecule has 6 heteroatoms. The number of carboxylic acids is 1. The monoisotopic (exact) mass is 300 g/mol. The molecule has 2 unspecified atom stereocenters. The van der Waals surface area contributed by atoms with Gasteiger partial charge in [-0.2, -0.15) is 0 Å². The summed E-state index contributed by atoms with van der Waals surface area (Å²) in [4.78, 5) is 21.7. The van der Waals surface area contributed by atoms with Crippen LogP contribution in [-0.2, 0) is 14.3 Å². The Bertz CT molecular complexity index is 230. The fourth-order valence-electron chi connectivity index (χ4n) is 0.968. The predicted octanol–water partition coefficient (Wildman–Crippen LogP) is 0.773. The number of carbonyl (C=O) groups is 2. The summed E-state index contributed by atoms with van der Waals surface area (Å²) in [6.07, 6.45) is 0. The maximum atomic E-state index is 11.1. The molecule has 1 aliphatic heterocycles. The van der Waals surface area contributed by atoms with Gasteiger partial charge in [-0.25, -0.2) is 0 Å². The first-order valence-electron chi connectivity index (χ1n) is 3.17. The van der Waals surface area contributed by atoms with E-state index in [0.717, 1.165) is 0 Å². The van der Waals surface area contributed by atoms with E-state index in [2.05, 4.69) is 36.6 Å². The average molecular weight is 302 g/mol. The number of rotatable bonds is 2. The second-order valence-corrected chi connectivity index (χ2v) is 4.46. The minimum atomic E-state index is -1.10. The van der Waals surface area contributed by atoms with Gasteiger partial charge in [0.15, 0.2) is 0 Å². The lowest BCUT2D eigenvalue weighted by Crippen LogP contribution is -2.40. The number of carbonyl (C=O) groups excluding carboxylic acids is 1. The second-order valence-electron chi connectivity index (χ2n) is 2.49. The van der Waals surface area contributed by atoms with Crippen LogP contribution in [0.2, 0.25) is 0 Å². The van der Waals surface area contributed by atoms with Crippen LogP contribution in [0.4, 0.5) is 0 Å². The van der Waals surface area contributed by atoms with E-state index < -0.39 is 22.2 Å². The number of alkyl halides is 2. The molecule has 1 fully saturated rings. The molecule has 1 N–H and O–H groups in total. The van der Waals surface area contributed by atoms with Crippen molar-refractivity contribution in [1.82, 2.24) is 0 Å². The van der Waals surface area contributed by atoms with Gasteiger partial charge in [0.05, 0.1) is 0 Å². The van der Waals surface area contributed by atoms with Gasteiger partial charge in [-0.3, -0.25) is 9.59 Å². The van der Waals surface area contributed by atoms with Gasteiger partial charge in [0.1, 0.15) is 16.8 Å². The van der Waals surface area contributed by atoms with Gasteiger partial charge in [-0.1, -0.05) is 31.9 Å². The summed E-state index contributed by atoms with van der Waals surface area (Å²) >= 11 is 6.15. The van der Waals surface area contributed by atoms with Crippen LogP contribution < -0.4 is 0 Å². The van der Waals surface area contributed by atoms with Crippen molar-refractivity contribution in [2.24, 2.45) is 5.92 Å². The molecule has 0 bridgehead atoms. The maximum absolute atomic E-state index is 11.1. The van der Waals surface area contributed by atoms with Gasteiger partial charge in [0.25, 0.3) is 0 Å². The Morgan fingerprint density at radius 3 is 2.75 bits per heavy atom. The molecule has 4 nitrogen and oxygen atoms in total. The number of halogens is 2. The van der Waals surface area contributed by atoms with E-state index in [1.807, 2.05) is 0 Å². The summed E-state index contributed by atoms with van der Waals surface area (Å²) in [7, 11) is 0. The quantitative estimate of drug-likeness (QED) is 0.604. The van der Waals surface area contributed by atoms with Gasteiger partial charge >= 0.3 is 11.9 Å². The molecular weight excluding hydrogens is 296 g/mol. The molecule has 1 aliphatic rings. The number of aliphatic carboxylic acids is 1. The molecule has 68 valence electrons. The lowest BCUT2D eigenvalue weighted by molar-refractivity contribution is -0.142. The first-order valence-corrected chi connectivity index (χ1v) is 5.08. The van der Waals surface area contributed by atoms with Gasteiger partial charge in [-0.15, -0.1) is 0 Å². The molecule has 0 spiro atoms. The van der Waals surface area contributed by atoms with Crippen molar-refractivity contribution in [1.29, 1.82) is 0 Å². The Kier molecular flexibility index (Phi) is 2.77. The number of cyclic esters (lactones) is 1. The van der Waals surface area contributed by atoms with E-state index in [9.17, 15) is 9.59 Å². The molecule has 0 aliphatic carbocycles. The number of hydrogen-bond acceptors (Lipinski definition) is 3. The molecule has 0 aromatic carbocycles. The Morgan fingerprint density at radius 2 is 2.42 bits per heavy atom. The fraction of sp³-hybridized carbons (Fsp3) is 0.667. The molecule has 2 atom stereocenters. The topological polar surface area (TPSA) is 63.6 Å². The molecule has 1 heterocycles. The van der Waals surface area contributed by atoms with Crippen molar-refractivity contribution < 1.29 is 19.4 Å². The van der Waals surface area contributed by atoms with Crippen LogP contribution >= 0.6 is 31.9 Å². The highest BCUT2D eigenvalue weighted by Gasteiger charge is 2.53. The van der Waals surface area contributed by atoms with Crippen LogP contribution in [0.25, 0.3) is 0 Å². The predicted molar refractivity (Wildman–Crippen MR) is 47.5 cm³/mol. The number of ether oxygens (including phenoxy) is 1. The third-order valence-electron chi connectivity index (χ3n) is 1.77. The minimum Gasteiger partial charge on any atom is -0.481 e. The number of esters is 1. The fourth-order valence-corrected chi connectivity index (χ4v) is 2.03. The smallest absolute Gasteiger partial charge is 0.324 e. The molecule has 12 heavy (non-hydrogen) atoms. The van der Waals surface area contributed by atoms with Crippen LogP contribution in [0, 0.1) is 5.92 Å². The zero-order valence-corrected chi connectivity index (χ0v) is 9.09. The molecule has 0 aromatic heterocycles. The van der Waals surface area contributed by atoms with Gasteiger partial charge in [0, 0.05) is 5.33 Å². The summed E-state index contributed by atoms with van der Waals surface area (Å²) in [5.41, 5.74) is 0. The molecule has 0 aromatic rings. The van der Waals surface area contributed by atoms with Crippen molar-refractivity contribution in [3.05, 3.63) is 0 Å². The first-order chi connectivity index (χ1) is 5.52. The highest BCUT2D eigenvalue weighted by Crippen LogP contribution is 2.37. The third kappa shape index (κ3) is 1.37. The van der Waals surface area contributed by atoms with E-state index >= 15 is 0 Å². The van der Waals surface area contributed by atoms with Gasteiger partial charge in [-0.05, 0) is 0 Å². The Morgan fingerprint density at radius 1 is 1.83 bits per heavy atom. The summed E-state index contributed by atoms with van der Waals surface area (Å²) in [5.74, 6) is -2.37. The van der Waals surface area contributed by atoms with Crippen LogP contribution in [-0.4, -0.2) is 33.3 Å². The van der Waals surface area contributed by atoms with Crippen molar-refractivity contribution >= 4 is 43.8 Å². The van der Waals surface area contributed by atoms with Crippen LogP contribution in [0.3, 0.4) is 0 Å². The van der Waals surface area contributed by atoms with E-state index in [1.165, 1.54) is 0 Å². The molecule has 0 radical (unpaired) electrons. The normalized spacial score (nSPS) is 34.8. The highest BCUT2D eigenvalue weighted by molar-refractivity contribution is 9.12. The third-order valence-corrected chi connectivity index (χ3v) is 4.56. The van der Waals surface area contributed by atoms with Gasteiger partial charge in [0.2, 0.25) is 0 Å². The zero-order chi connectivity index (χ0) is 9.35. The minimum absolute atomic E-state index is 0.0645. The van der Waals surface area contributed by atoms with Crippen molar-refractivity contribution in [3.63, 3.8) is 0 Å². The molecule has 0 amide bonds. The molecular formula is C6H6Br2O4. The summed E-state index contributed by atoms with van der Waals surface area (Å²) in [6, 6.07) is 0. The van der Waals surface area contributed by atoms with Gasteiger partial charge < -0.3 is 9.84 Å². The average Bonchev–Trinajstić information content (AvgIpc) is 2.30. The number of carboxylic acid groups (broad SMARTS) is 1. The Labute approximate surface area is 85.5 Å². The summed E-state index contributed by atoms with van der Waals surface area (Å²) < 4.78 is 3.54. The Balaban J connectivity index is 2.91. The van der Waals surface area contributed by atoms with Crippen LogP contribution in [0.1, 0.15) is 0 Å². The largest absolute Gasteiger partial charge is 0.481 e. The Hall–Kier alpha value is -0.100. The van der Waals surface area contributed by atoms with E-state index in [4.69, 9.17) is 5.11 Å². The SMILES string of the molecule is O=C(O)C1COC(=O)C1(Br)CBr. The van der Waals surface area contributed by atoms with Crippen LogP contribution in [0.15, 0.2) is 0 Å². The number of hydrogen-bond donors (Lipinski definition) is 1. The maximum Gasteiger partial charge on any atom is 0.324 e. The molecule has 1 saturated heterocycles. The lowest BCUT2D eigenvalue weighted by atomic mass is 9.98. The lowest BCUT2D eigenvalue weighted by Gasteiger charge is -2.17. The summed E-state index contributed by atoms with van der Waals surface area (Å²) in [6.45, 7) is -0.0645. The van der Waals surface area contributed by atoms with Crippen molar-refractivity contribution in [2.75, 3.05) is 11.9 Å². The molecule has 1 rings (SSSR count). The molecule has 0 saturated carbocycles. The standard InChI is InChI=1S/C6H6Br2O4/c7-2-6(8)3(4(9)10)1-12-5(6)11/h3H,1-2H2,(H,9,10). The summed E-state index contributed by atoms with van der Waals surface area (Å²) in [5, 5.41) is 8.95. The zero-order valence-electron chi connectivity index (χ0n) is 5.92. The highest BCUT2D eigenvalue weighted by atomic mass is 79.9. The van der Waals surface area contributed by atoms with Crippen molar-refractivity contribution in [3.8, 4) is 0 Å².